The van der Waals surface area contributed by atoms with Crippen LogP contribution in [0.1, 0.15) is 24.1 Å². The SMILES string of the molecule is O=C(Cc1ccc(S(=O)(=O)N2CCCCC2)s1)NCCSc1ccccc1. The van der Waals surface area contributed by atoms with Crippen molar-refractivity contribution >= 4 is 39.0 Å². The molecule has 1 fully saturated rings. The van der Waals surface area contributed by atoms with Crippen LogP contribution in [0.3, 0.4) is 0 Å². The van der Waals surface area contributed by atoms with Gasteiger partial charge in [0.25, 0.3) is 10.0 Å². The van der Waals surface area contributed by atoms with Gasteiger partial charge in [-0.1, -0.05) is 24.6 Å². The molecule has 0 bridgehead atoms. The van der Waals surface area contributed by atoms with Crippen molar-refractivity contribution in [1.29, 1.82) is 0 Å². The van der Waals surface area contributed by atoms with Crippen LogP contribution in [-0.2, 0) is 21.2 Å². The van der Waals surface area contributed by atoms with E-state index in [2.05, 4.69) is 5.32 Å². The van der Waals surface area contributed by atoms with Crippen LogP contribution in [0.15, 0.2) is 51.6 Å². The number of nitrogens with zero attached hydrogens (tertiary/aromatic N) is 1. The molecule has 8 heteroatoms. The fourth-order valence-electron chi connectivity index (χ4n) is 2.92. The molecule has 0 radical (unpaired) electrons. The normalized spacial score (nSPS) is 15.6. The summed E-state index contributed by atoms with van der Waals surface area (Å²) in [5.74, 6) is 0.724. The lowest BCUT2D eigenvalue weighted by molar-refractivity contribution is -0.120. The molecule has 1 aromatic heterocycles. The van der Waals surface area contributed by atoms with Crippen LogP contribution in [0, 0.1) is 0 Å². The van der Waals surface area contributed by atoms with Crippen molar-refractivity contribution in [3.63, 3.8) is 0 Å². The lowest BCUT2D eigenvalue weighted by atomic mass is 10.2. The number of rotatable bonds is 8. The van der Waals surface area contributed by atoms with Crippen LogP contribution in [0.25, 0.3) is 0 Å². The average molecular weight is 425 g/mol. The highest BCUT2D eigenvalue weighted by molar-refractivity contribution is 7.99. The number of carbonyl (C=O) groups excluding carboxylic acids is 1. The van der Waals surface area contributed by atoms with Crippen molar-refractivity contribution in [1.82, 2.24) is 9.62 Å². The first-order chi connectivity index (χ1) is 13.1. The highest BCUT2D eigenvalue weighted by Gasteiger charge is 2.27. The van der Waals surface area contributed by atoms with Gasteiger partial charge in [0.1, 0.15) is 4.21 Å². The first-order valence-electron chi connectivity index (χ1n) is 9.09. The van der Waals surface area contributed by atoms with Gasteiger partial charge < -0.3 is 5.32 Å². The predicted molar refractivity (Wildman–Crippen MR) is 111 cm³/mol. The highest BCUT2D eigenvalue weighted by atomic mass is 32.2. The zero-order valence-electron chi connectivity index (χ0n) is 15.1. The summed E-state index contributed by atoms with van der Waals surface area (Å²) in [4.78, 5) is 14.1. The van der Waals surface area contributed by atoms with E-state index in [-0.39, 0.29) is 12.3 Å². The molecule has 0 atom stereocenters. The van der Waals surface area contributed by atoms with Crippen molar-refractivity contribution in [2.24, 2.45) is 0 Å². The molecule has 0 saturated carbocycles. The number of thioether (sulfide) groups is 1. The zero-order valence-corrected chi connectivity index (χ0v) is 17.5. The summed E-state index contributed by atoms with van der Waals surface area (Å²) in [6.45, 7) is 1.77. The third-order valence-corrected chi connectivity index (χ3v) is 8.78. The standard InChI is InChI=1S/C19H24N2O3S3/c22-18(20-11-14-25-16-7-3-1-4-8-16)15-17-9-10-19(26-17)27(23,24)21-12-5-2-6-13-21/h1,3-4,7-10H,2,5-6,11-15H2,(H,20,22). The summed E-state index contributed by atoms with van der Waals surface area (Å²) in [6.07, 6.45) is 3.14. The second-order valence-electron chi connectivity index (χ2n) is 6.37. The molecular formula is C19H24N2O3S3. The molecule has 0 unspecified atom stereocenters. The van der Waals surface area contributed by atoms with Crippen molar-refractivity contribution in [2.75, 3.05) is 25.4 Å². The number of sulfonamides is 1. The molecule has 146 valence electrons. The van der Waals surface area contributed by atoms with Gasteiger partial charge in [0.15, 0.2) is 0 Å². The van der Waals surface area contributed by atoms with E-state index in [1.807, 2.05) is 30.3 Å². The van der Waals surface area contributed by atoms with Gasteiger partial charge in [-0.25, -0.2) is 8.42 Å². The summed E-state index contributed by atoms with van der Waals surface area (Å²) < 4.78 is 27.2. The van der Waals surface area contributed by atoms with Crippen LogP contribution in [0.5, 0.6) is 0 Å². The van der Waals surface area contributed by atoms with Crippen LogP contribution < -0.4 is 5.32 Å². The summed E-state index contributed by atoms with van der Waals surface area (Å²) in [6, 6.07) is 13.4. The molecule has 0 aliphatic carbocycles. The maximum absolute atomic E-state index is 12.7. The lowest BCUT2D eigenvalue weighted by Crippen LogP contribution is -2.35. The van der Waals surface area contributed by atoms with E-state index in [4.69, 9.17) is 0 Å². The fourth-order valence-corrected chi connectivity index (χ4v) is 6.74. The predicted octanol–water partition coefficient (Wildman–Crippen LogP) is 3.37. The van der Waals surface area contributed by atoms with Crippen LogP contribution in [0.4, 0.5) is 0 Å². The zero-order chi connectivity index (χ0) is 19.1. The van der Waals surface area contributed by atoms with Crippen LogP contribution in [-0.4, -0.2) is 44.0 Å². The summed E-state index contributed by atoms with van der Waals surface area (Å²) >= 11 is 2.90. The smallest absolute Gasteiger partial charge is 0.252 e. The van der Waals surface area contributed by atoms with Crippen LogP contribution >= 0.6 is 23.1 Å². The number of nitrogens with one attached hydrogen (secondary N) is 1. The quantitative estimate of drug-likeness (QED) is 0.521. The largest absolute Gasteiger partial charge is 0.355 e. The van der Waals surface area contributed by atoms with Gasteiger partial charge in [0, 0.05) is 35.2 Å². The van der Waals surface area contributed by atoms with Gasteiger partial charge >= 0.3 is 0 Å². The Labute approximate surface area is 169 Å². The Morgan fingerprint density at radius 2 is 1.81 bits per heavy atom. The van der Waals surface area contributed by atoms with Crippen molar-refractivity contribution in [3.8, 4) is 0 Å². The Morgan fingerprint density at radius 3 is 2.56 bits per heavy atom. The number of thiophene rings is 1. The van der Waals surface area contributed by atoms with E-state index in [1.54, 1.807) is 28.2 Å². The second-order valence-corrected chi connectivity index (χ2v) is 10.9. The van der Waals surface area contributed by atoms with Gasteiger partial charge in [-0.3, -0.25) is 4.79 Å². The van der Waals surface area contributed by atoms with E-state index in [0.29, 0.717) is 23.8 Å². The Balaban J connectivity index is 1.46. The van der Waals surface area contributed by atoms with Crippen molar-refractivity contribution in [3.05, 3.63) is 47.3 Å². The summed E-state index contributed by atoms with van der Waals surface area (Å²) in [7, 11) is -3.41. The molecule has 1 aliphatic heterocycles. The summed E-state index contributed by atoms with van der Waals surface area (Å²) in [5.41, 5.74) is 0. The number of carbonyl (C=O) groups is 1. The van der Waals surface area contributed by atoms with E-state index in [1.165, 1.54) is 16.2 Å². The molecule has 2 heterocycles. The molecule has 2 aromatic rings. The van der Waals surface area contributed by atoms with Gasteiger partial charge in [0.2, 0.25) is 5.91 Å². The first kappa shape index (κ1) is 20.4. The molecule has 27 heavy (non-hydrogen) atoms. The number of hydrogen-bond acceptors (Lipinski definition) is 5. The molecule has 3 rings (SSSR count). The second kappa shape index (κ2) is 9.73. The third kappa shape index (κ3) is 5.81. The molecule has 5 nitrogen and oxygen atoms in total. The first-order valence-corrected chi connectivity index (χ1v) is 12.3. The minimum absolute atomic E-state index is 0.0765. The Morgan fingerprint density at radius 1 is 1.07 bits per heavy atom. The molecule has 1 aliphatic rings. The fraction of sp³-hybridized carbons (Fsp3) is 0.421. The van der Waals surface area contributed by atoms with Crippen LogP contribution in [0.2, 0.25) is 0 Å². The van der Waals surface area contributed by atoms with Gasteiger partial charge in [-0.05, 0) is 37.1 Å². The number of piperidine rings is 1. The monoisotopic (exact) mass is 424 g/mol. The molecule has 0 spiro atoms. The average Bonchev–Trinajstić information content (AvgIpc) is 3.16. The van der Waals surface area contributed by atoms with Gasteiger partial charge in [-0.15, -0.1) is 23.1 Å². The van der Waals surface area contributed by atoms with E-state index in [9.17, 15) is 13.2 Å². The van der Waals surface area contributed by atoms with Crippen molar-refractivity contribution in [2.45, 2.75) is 34.8 Å². The Bertz CT molecular complexity index is 844. The summed E-state index contributed by atoms with van der Waals surface area (Å²) in [5, 5.41) is 2.90. The van der Waals surface area contributed by atoms with Crippen molar-refractivity contribution < 1.29 is 13.2 Å². The highest BCUT2D eigenvalue weighted by Crippen LogP contribution is 2.27. The van der Waals surface area contributed by atoms with Gasteiger partial charge in [0.05, 0.1) is 6.42 Å². The minimum Gasteiger partial charge on any atom is -0.355 e. The minimum atomic E-state index is -3.41. The maximum Gasteiger partial charge on any atom is 0.252 e. The maximum atomic E-state index is 12.7. The van der Waals surface area contributed by atoms with Gasteiger partial charge in [-0.2, -0.15) is 4.31 Å². The number of amides is 1. The lowest BCUT2D eigenvalue weighted by Gasteiger charge is -2.25. The molecule has 1 N–H and O–H groups in total. The Hall–Kier alpha value is -1.35. The Kier molecular flexibility index (Phi) is 7.34. The third-order valence-electron chi connectivity index (χ3n) is 4.32. The molecular weight excluding hydrogens is 400 g/mol. The van der Waals surface area contributed by atoms with E-state index < -0.39 is 10.0 Å². The van der Waals surface area contributed by atoms with E-state index >= 15 is 0 Å². The molecule has 1 saturated heterocycles. The van der Waals surface area contributed by atoms with E-state index in [0.717, 1.165) is 29.9 Å². The number of hydrogen-bond donors (Lipinski definition) is 1. The topological polar surface area (TPSA) is 66.5 Å². The molecule has 1 aromatic carbocycles. The number of benzene rings is 1. The molecule has 1 amide bonds.